The minimum atomic E-state index is 0.418. The zero-order chi connectivity index (χ0) is 17.8. The molecule has 0 aromatic carbocycles. The van der Waals surface area contributed by atoms with Gasteiger partial charge >= 0.3 is 0 Å². The van der Waals surface area contributed by atoms with E-state index in [0.717, 1.165) is 54.0 Å². The number of likely N-dealkylation sites (tertiary alicyclic amines) is 1. The highest BCUT2D eigenvalue weighted by molar-refractivity contribution is 7.15. The molecule has 0 bridgehead atoms. The van der Waals surface area contributed by atoms with Crippen LogP contribution in [0.1, 0.15) is 42.1 Å². The SMILES string of the molecule is CCc1nnc(Nc2cnc([C@H]3CCCN(Cc4ccn[nH]4)C3)cn2)s1. The lowest BCUT2D eigenvalue weighted by Crippen LogP contribution is -2.34. The lowest BCUT2D eigenvalue weighted by molar-refractivity contribution is 0.196. The molecule has 1 aliphatic heterocycles. The van der Waals surface area contributed by atoms with Crippen molar-refractivity contribution in [3.8, 4) is 0 Å². The molecule has 4 heterocycles. The van der Waals surface area contributed by atoms with E-state index >= 15 is 0 Å². The van der Waals surface area contributed by atoms with Crippen LogP contribution >= 0.6 is 11.3 Å². The number of hydrogen-bond donors (Lipinski definition) is 2. The Morgan fingerprint density at radius 1 is 1.31 bits per heavy atom. The molecule has 3 aromatic heterocycles. The van der Waals surface area contributed by atoms with E-state index in [4.69, 9.17) is 0 Å². The van der Waals surface area contributed by atoms with Gasteiger partial charge in [0.25, 0.3) is 0 Å². The quantitative estimate of drug-likeness (QED) is 0.689. The Morgan fingerprint density at radius 2 is 2.27 bits per heavy atom. The van der Waals surface area contributed by atoms with Crippen LogP contribution in [0.2, 0.25) is 0 Å². The highest BCUT2D eigenvalue weighted by Gasteiger charge is 2.23. The van der Waals surface area contributed by atoms with Gasteiger partial charge in [-0.15, -0.1) is 10.2 Å². The molecule has 1 aliphatic rings. The lowest BCUT2D eigenvalue weighted by atomic mass is 9.95. The number of aromatic nitrogens is 6. The zero-order valence-electron chi connectivity index (χ0n) is 14.7. The zero-order valence-corrected chi connectivity index (χ0v) is 15.5. The third-order valence-corrected chi connectivity index (χ3v) is 5.54. The van der Waals surface area contributed by atoms with Crippen molar-refractivity contribution in [3.05, 3.63) is 41.1 Å². The van der Waals surface area contributed by atoms with Crippen molar-refractivity contribution in [3.63, 3.8) is 0 Å². The Balaban J connectivity index is 1.38. The summed E-state index contributed by atoms with van der Waals surface area (Å²) in [4.78, 5) is 11.6. The lowest BCUT2D eigenvalue weighted by Gasteiger charge is -2.31. The fraction of sp³-hybridized carbons (Fsp3) is 0.471. The van der Waals surface area contributed by atoms with Gasteiger partial charge in [-0.05, 0) is 31.9 Å². The van der Waals surface area contributed by atoms with E-state index in [1.54, 1.807) is 23.7 Å². The summed E-state index contributed by atoms with van der Waals surface area (Å²) in [5, 5.41) is 20.2. The summed E-state index contributed by atoms with van der Waals surface area (Å²) in [5.74, 6) is 1.12. The molecule has 0 amide bonds. The Bertz CT molecular complexity index is 814. The standard InChI is InChI=1S/C17H22N8S/c1-2-16-23-24-17(26-16)21-15-9-18-14(8-19-15)12-4-3-7-25(10-12)11-13-5-6-20-22-13/h5-6,8-9,12H,2-4,7,10-11H2,1H3,(H,20,22)(H,19,21,24)/t12-/m0/s1. The van der Waals surface area contributed by atoms with Crippen molar-refractivity contribution in [1.29, 1.82) is 0 Å². The summed E-state index contributed by atoms with van der Waals surface area (Å²) in [6.07, 6.45) is 8.68. The van der Waals surface area contributed by atoms with Crippen LogP contribution in [0.25, 0.3) is 0 Å². The molecule has 0 radical (unpaired) electrons. The number of piperidine rings is 1. The molecular formula is C17H22N8S. The highest BCUT2D eigenvalue weighted by atomic mass is 32.1. The summed E-state index contributed by atoms with van der Waals surface area (Å²) >= 11 is 1.55. The Hall–Kier alpha value is -2.39. The number of anilines is 2. The number of H-pyrrole nitrogens is 1. The molecule has 0 saturated carbocycles. The largest absolute Gasteiger partial charge is 0.313 e. The molecule has 0 aliphatic carbocycles. The summed E-state index contributed by atoms with van der Waals surface area (Å²) in [5.41, 5.74) is 2.20. The fourth-order valence-corrected chi connectivity index (χ4v) is 3.91. The van der Waals surface area contributed by atoms with Crippen LogP contribution in [0.5, 0.6) is 0 Å². The van der Waals surface area contributed by atoms with E-state index in [0.29, 0.717) is 11.7 Å². The van der Waals surface area contributed by atoms with Crippen molar-refractivity contribution in [2.45, 2.75) is 38.6 Å². The molecule has 4 rings (SSSR count). The van der Waals surface area contributed by atoms with E-state index in [9.17, 15) is 0 Å². The molecule has 1 atom stereocenters. The first-order valence-corrected chi connectivity index (χ1v) is 9.73. The summed E-state index contributed by atoms with van der Waals surface area (Å²) < 4.78 is 0. The summed E-state index contributed by atoms with van der Waals surface area (Å²) in [6.45, 7) is 5.08. The Morgan fingerprint density at radius 3 is 3.00 bits per heavy atom. The van der Waals surface area contributed by atoms with E-state index < -0.39 is 0 Å². The van der Waals surface area contributed by atoms with Gasteiger partial charge in [0.2, 0.25) is 5.13 Å². The predicted octanol–water partition coefficient (Wildman–Crippen LogP) is 2.74. The molecule has 8 nitrogen and oxygen atoms in total. The third kappa shape index (κ3) is 4.05. The van der Waals surface area contributed by atoms with Crippen molar-refractivity contribution < 1.29 is 0 Å². The Kier molecular flexibility index (Phi) is 5.16. The number of nitrogens with zero attached hydrogens (tertiary/aromatic N) is 6. The van der Waals surface area contributed by atoms with Gasteiger partial charge in [0.1, 0.15) is 5.01 Å². The topological polar surface area (TPSA) is 95.5 Å². The van der Waals surface area contributed by atoms with Crippen LogP contribution in [-0.4, -0.2) is 48.4 Å². The number of aromatic amines is 1. The second-order valence-corrected chi connectivity index (χ2v) is 7.52. The molecule has 0 unspecified atom stereocenters. The average molecular weight is 370 g/mol. The van der Waals surface area contributed by atoms with E-state index in [1.807, 2.05) is 12.3 Å². The molecule has 9 heteroatoms. The van der Waals surface area contributed by atoms with Crippen molar-refractivity contribution in [1.82, 2.24) is 35.3 Å². The van der Waals surface area contributed by atoms with Gasteiger partial charge in [0.15, 0.2) is 5.82 Å². The van der Waals surface area contributed by atoms with Crippen LogP contribution in [0, 0.1) is 0 Å². The molecule has 3 aromatic rings. The maximum atomic E-state index is 4.64. The molecule has 2 N–H and O–H groups in total. The van der Waals surface area contributed by atoms with E-state index in [2.05, 4.69) is 47.5 Å². The fourth-order valence-electron chi connectivity index (χ4n) is 3.22. The first kappa shape index (κ1) is 17.0. The summed E-state index contributed by atoms with van der Waals surface area (Å²) in [7, 11) is 0. The van der Waals surface area contributed by atoms with Gasteiger partial charge in [0.05, 0.1) is 18.1 Å². The van der Waals surface area contributed by atoms with Crippen LogP contribution in [0.4, 0.5) is 10.9 Å². The molecule has 1 saturated heterocycles. The minimum Gasteiger partial charge on any atom is -0.313 e. The number of nitrogens with one attached hydrogen (secondary N) is 2. The van der Waals surface area contributed by atoms with Crippen LogP contribution in [0.15, 0.2) is 24.7 Å². The maximum Gasteiger partial charge on any atom is 0.211 e. The monoisotopic (exact) mass is 370 g/mol. The van der Waals surface area contributed by atoms with Crippen molar-refractivity contribution >= 4 is 22.3 Å². The van der Waals surface area contributed by atoms with Crippen molar-refractivity contribution in [2.75, 3.05) is 18.4 Å². The van der Waals surface area contributed by atoms with Gasteiger partial charge in [-0.3, -0.25) is 15.0 Å². The van der Waals surface area contributed by atoms with Gasteiger partial charge in [0, 0.05) is 30.9 Å². The highest BCUT2D eigenvalue weighted by Crippen LogP contribution is 2.27. The van der Waals surface area contributed by atoms with Gasteiger partial charge in [-0.25, -0.2) is 4.98 Å². The number of aryl methyl sites for hydroxylation is 1. The first-order valence-electron chi connectivity index (χ1n) is 8.92. The van der Waals surface area contributed by atoms with E-state index in [1.165, 1.54) is 6.42 Å². The average Bonchev–Trinajstić information content (AvgIpc) is 3.34. The van der Waals surface area contributed by atoms with Crippen LogP contribution in [0.3, 0.4) is 0 Å². The number of rotatable bonds is 6. The summed E-state index contributed by atoms with van der Waals surface area (Å²) in [6, 6.07) is 2.03. The second kappa shape index (κ2) is 7.88. The molecule has 26 heavy (non-hydrogen) atoms. The maximum absolute atomic E-state index is 4.64. The predicted molar refractivity (Wildman–Crippen MR) is 100 cm³/mol. The molecule has 136 valence electrons. The van der Waals surface area contributed by atoms with Gasteiger partial charge in [-0.1, -0.05) is 18.3 Å². The van der Waals surface area contributed by atoms with Crippen LogP contribution < -0.4 is 5.32 Å². The normalized spacial score (nSPS) is 18.1. The smallest absolute Gasteiger partial charge is 0.211 e. The van der Waals surface area contributed by atoms with Gasteiger partial charge in [-0.2, -0.15) is 5.10 Å². The van der Waals surface area contributed by atoms with Crippen LogP contribution in [-0.2, 0) is 13.0 Å². The second-order valence-electron chi connectivity index (χ2n) is 6.46. The third-order valence-electron chi connectivity index (χ3n) is 4.55. The molecule has 1 fully saturated rings. The molecular weight excluding hydrogens is 348 g/mol. The minimum absolute atomic E-state index is 0.418. The number of hydrogen-bond acceptors (Lipinski definition) is 8. The first-order chi connectivity index (χ1) is 12.8. The van der Waals surface area contributed by atoms with Gasteiger partial charge < -0.3 is 5.32 Å². The Labute approximate surface area is 156 Å². The molecule has 0 spiro atoms. The van der Waals surface area contributed by atoms with Crippen molar-refractivity contribution in [2.24, 2.45) is 0 Å². The van der Waals surface area contributed by atoms with E-state index in [-0.39, 0.29) is 0 Å².